The van der Waals surface area contributed by atoms with Crippen LogP contribution in [0.5, 0.6) is 5.75 Å². The normalized spacial score (nSPS) is 11.1. The smallest absolute Gasteiger partial charge is 0.236 e. The summed E-state index contributed by atoms with van der Waals surface area (Å²) < 4.78 is 7.38. The van der Waals surface area contributed by atoms with Gasteiger partial charge < -0.3 is 10.1 Å². The summed E-state index contributed by atoms with van der Waals surface area (Å²) in [6.45, 7) is 0. The number of para-hydroxylation sites is 1. The van der Waals surface area contributed by atoms with Crippen molar-refractivity contribution in [2.24, 2.45) is 0 Å². The minimum Gasteiger partial charge on any atom is -0.497 e. The molecule has 2 heterocycles. The molecule has 0 saturated heterocycles. The van der Waals surface area contributed by atoms with E-state index in [1.54, 1.807) is 30.2 Å². The summed E-state index contributed by atoms with van der Waals surface area (Å²) >= 11 is 4.67. The molecule has 2 aromatic heterocycles. The summed E-state index contributed by atoms with van der Waals surface area (Å²) in [4.78, 5) is 21.2. The van der Waals surface area contributed by atoms with Gasteiger partial charge in [-0.05, 0) is 30.3 Å². The van der Waals surface area contributed by atoms with Gasteiger partial charge in [0.25, 0.3) is 0 Å². The number of nitrogens with one attached hydrogen (secondary N) is 1. The topological polar surface area (TPSA) is 64.1 Å². The summed E-state index contributed by atoms with van der Waals surface area (Å²) in [5.41, 5.74) is 1.87. The van der Waals surface area contributed by atoms with E-state index < -0.39 is 0 Å². The largest absolute Gasteiger partial charge is 0.497 e. The number of nitrogens with zero attached hydrogens (tertiary/aromatic N) is 2. The molecule has 0 aliphatic carbocycles. The first kappa shape index (κ1) is 17.3. The molecule has 4 rings (SSSR count). The fourth-order valence-electron chi connectivity index (χ4n) is 2.45. The molecule has 2 aromatic carbocycles. The maximum absolute atomic E-state index is 12.2. The van der Waals surface area contributed by atoms with Crippen LogP contribution in [0.4, 0.5) is 5.13 Å². The first-order chi connectivity index (χ1) is 12.7. The molecular weight excluding hydrogens is 386 g/mol. The number of benzene rings is 2. The predicted molar refractivity (Wildman–Crippen MR) is 111 cm³/mol. The second-order valence-electron chi connectivity index (χ2n) is 5.47. The molecule has 132 valence electrons. The van der Waals surface area contributed by atoms with Gasteiger partial charge >= 0.3 is 0 Å². The summed E-state index contributed by atoms with van der Waals surface area (Å²) in [7, 11) is 1.63. The molecule has 4 aromatic rings. The van der Waals surface area contributed by atoms with Gasteiger partial charge in [0, 0.05) is 5.75 Å². The van der Waals surface area contributed by atoms with E-state index in [9.17, 15) is 4.79 Å². The first-order valence-corrected chi connectivity index (χ1v) is 10.7. The summed E-state index contributed by atoms with van der Waals surface area (Å²) in [5, 5.41) is 4.52. The number of methoxy groups -OCH3 is 1. The monoisotopic (exact) mass is 401 g/mol. The zero-order valence-corrected chi connectivity index (χ0v) is 16.3. The van der Waals surface area contributed by atoms with Crippen molar-refractivity contribution in [3.63, 3.8) is 0 Å². The van der Waals surface area contributed by atoms with Crippen LogP contribution in [0.25, 0.3) is 20.4 Å². The van der Waals surface area contributed by atoms with Gasteiger partial charge in [-0.15, -0.1) is 23.1 Å². The van der Waals surface area contributed by atoms with E-state index in [4.69, 9.17) is 4.74 Å². The molecule has 1 N–H and O–H groups in total. The van der Waals surface area contributed by atoms with E-state index in [0.29, 0.717) is 10.9 Å². The number of hydrogen-bond donors (Lipinski definition) is 1. The highest BCUT2D eigenvalue weighted by molar-refractivity contribution is 7.99. The number of fused-ring (bicyclic) bond motifs is 2. The molecule has 0 fully saturated rings. The zero-order valence-electron chi connectivity index (χ0n) is 13.9. The third-order valence-corrected chi connectivity index (χ3v) is 6.74. The molecule has 0 atom stereocenters. The number of ether oxygens (including phenoxy) is 1. The highest BCUT2D eigenvalue weighted by atomic mass is 32.2. The van der Waals surface area contributed by atoms with Gasteiger partial charge in [-0.25, -0.2) is 9.97 Å². The van der Waals surface area contributed by atoms with Crippen LogP contribution in [-0.4, -0.2) is 28.7 Å². The van der Waals surface area contributed by atoms with Gasteiger partial charge in [-0.1, -0.05) is 23.5 Å². The van der Waals surface area contributed by atoms with Crippen molar-refractivity contribution in [2.75, 3.05) is 18.2 Å². The average Bonchev–Trinajstić information content (AvgIpc) is 3.23. The van der Waals surface area contributed by atoms with Crippen LogP contribution >= 0.6 is 34.4 Å². The second kappa shape index (κ2) is 7.61. The van der Waals surface area contributed by atoms with Crippen molar-refractivity contribution >= 4 is 65.9 Å². The predicted octanol–water partition coefficient (Wildman–Crippen LogP) is 4.79. The maximum Gasteiger partial charge on any atom is 0.236 e. The van der Waals surface area contributed by atoms with Gasteiger partial charge in [0.2, 0.25) is 5.91 Å². The van der Waals surface area contributed by atoms with Crippen LogP contribution in [0.3, 0.4) is 0 Å². The van der Waals surface area contributed by atoms with Crippen LogP contribution in [0.1, 0.15) is 5.01 Å². The van der Waals surface area contributed by atoms with E-state index >= 15 is 0 Å². The third-order valence-electron chi connectivity index (χ3n) is 3.64. The molecule has 0 unspecified atom stereocenters. The molecule has 8 heteroatoms. The lowest BCUT2D eigenvalue weighted by Gasteiger charge is -2.00. The molecule has 0 radical (unpaired) electrons. The number of aromatic nitrogens is 2. The lowest BCUT2D eigenvalue weighted by molar-refractivity contribution is -0.113. The Hall–Kier alpha value is -2.16. The third kappa shape index (κ3) is 3.82. The fraction of sp³-hybridized carbons (Fsp3) is 0.167. The number of rotatable bonds is 6. The van der Waals surface area contributed by atoms with Crippen molar-refractivity contribution in [3.05, 3.63) is 47.5 Å². The minimum atomic E-state index is -0.0536. The average molecular weight is 402 g/mol. The fourth-order valence-corrected chi connectivity index (χ4v) is 5.21. The maximum atomic E-state index is 12.2. The summed E-state index contributed by atoms with van der Waals surface area (Å²) in [6, 6.07) is 13.7. The van der Waals surface area contributed by atoms with Gasteiger partial charge in [-0.3, -0.25) is 4.79 Å². The van der Waals surface area contributed by atoms with Crippen LogP contribution in [0.15, 0.2) is 42.5 Å². The van der Waals surface area contributed by atoms with Crippen LogP contribution in [0, 0.1) is 0 Å². The van der Waals surface area contributed by atoms with E-state index in [1.807, 2.05) is 36.4 Å². The van der Waals surface area contributed by atoms with Gasteiger partial charge in [0.05, 0.1) is 33.3 Å². The Balaban J connectivity index is 1.33. The van der Waals surface area contributed by atoms with Crippen molar-refractivity contribution in [1.29, 1.82) is 0 Å². The Morgan fingerprint density at radius 2 is 1.96 bits per heavy atom. The highest BCUT2D eigenvalue weighted by Gasteiger charge is 2.10. The van der Waals surface area contributed by atoms with E-state index in [2.05, 4.69) is 21.4 Å². The molecule has 26 heavy (non-hydrogen) atoms. The first-order valence-electron chi connectivity index (χ1n) is 7.88. The summed E-state index contributed by atoms with van der Waals surface area (Å²) in [6.07, 6.45) is 0. The summed E-state index contributed by atoms with van der Waals surface area (Å²) in [5.74, 6) is 1.83. The molecule has 5 nitrogen and oxygen atoms in total. The molecule has 0 aliphatic rings. The van der Waals surface area contributed by atoms with Gasteiger partial charge in [0.1, 0.15) is 10.8 Å². The molecule has 0 spiro atoms. The number of carbonyl (C=O) groups excluding carboxylic acids is 1. The van der Waals surface area contributed by atoms with Crippen LogP contribution in [-0.2, 0) is 10.5 Å². The number of anilines is 1. The van der Waals surface area contributed by atoms with Crippen LogP contribution < -0.4 is 10.1 Å². The van der Waals surface area contributed by atoms with Crippen molar-refractivity contribution in [3.8, 4) is 5.75 Å². The minimum absolute atomic E-state index is 0.0536. The molecule has 1 amide bonds. The number of thioether (sulfide) groups is 1. The standard InChI is InChI=1S/C18H15N3O2S3/c1-23-11-6-7-13-15(8-11)26-18(20-13)21-16(22)9-24-10-17-19-12-4-2-3-5-14(12)25-17/h2-8H,9-10H2,1H3,(H,20,21,22). The number of amides is 1. The Kier molecular flexibility index (Phi) is 5.05. The highest BCUT2D eigenvalue weighted by Crippen LogP contribution is 2.29. The lowest BCUT2D eigenvalue weighted by atomic mass is 10.3. The lowest BCUT2D eigenvalue weighted by Crippen LogP contribution is -2.13. The van der Waals surface area contributed by atoms with E-state index in [-0.39, 0.29) is 5.91 Å². The van der Waals surface area contributed by atoms with Crippen molar-refractivity contribution in [2.45, 2.75) is 5.75 Å². The molecule has 0 saturated carbocycles. The number of hydrogen-bond acceptors (Lipinski definition) is 7. The Morgan fingerprint density at radius 3 is 2.81 bits per heavy atom. The molecule has 0 bridgehead atoms. The van der Waals surface area contributed by atoms with Crippen LogP contribution in [0.2, 0.25) is 0 Å². The number of carbonyl (C=O) groups is 1. The molecular formula is C18H15N3O2S3. The Labute approximate surface area is 162 Å². The number of thiazole rings is 2. The van der Waals surface area contributed by atoms with Crippen molar-refractivity contribution < 1.29 is 9.53 Å². The second-order valence-corrected chi connectivity index (χ2v) is 8.60. The quantitative estimate of drug-likeness (QED) is 0.503. The van der Waals surface area contributed by atoms with E-state index in [1.165, 1.54) is 16.0 Å². The van der Waals surface area contributed by atoms with E-state index in [0.717, 1.165) is 32.2 Å². The van der Waals surface area contributed by atoms with Crippen molar-refractivity contribution in [1.82, 2.24) is 9.97 Å². The Morgan fingerprint density at radius 1 is 1.12 bits per heavy atom. The molecule has 0 aliphatic heterocycles. The van der Waals surface area contributed by atoms with Gasteiger partial charge in [0.15, 0.2) is 5.13 Å². The van der Waals surface area contributed by atoms with Gasteiger partial charge in [-0.2, -0.15) is 0 Å². The zero-order chi connectivity index (χ0) is 17.9. The Bertz CT molecular complexity index is 1040. The SMILES string of the molecule is COc1ccc2nc(NC(=O)CSCc3nc4ccccc4s3)sc2c1.